The van der Waals surface area contributed by atoms with E-state index in [9.17, 15) is 14.0 Å². The van der Waals surface area contributed by atoms with E-state index in [4.69, 9.17) is 0 Å². The molecule has 2 aliphatic carbocycles. The smallest absolute Gasteiger partial charge is 0.251 e. The largest absolute Gasteiger partial charge is 0.348 e. The Morgan fingerprint density at radius 1 is 0.974 bits per heavy atom. The number of carbonyl (C=O) groups excluding carboxylic acids is 2. The van der Waals surface area contributed by atoms with Crippen molar-refractivity contribution in [3.8, 4) is 11.1 Å². The maximum absolute atomic E-state index is 13.5. The summed E-state index contributed by atoms with van der Waals surface area (Å²) in [4.78, 5) is 30.4. The minimum atomic E-state index is -0.346. The van der Waals surface area contributed by atoms with Gasteiger partial charge in [-0.05, 0) is 99.0 Å². The Labute approximate surface area is 226 Å². The minimum absolute atomic E-state index is 0.0180. The molecule has 0 spiro atoms. The van der Waals surface area contributed by atoms with Crippen molar-refractivity contribution < 1.29 is 14.0 Å². The fraction of sp³-hybridized carbons (Fsp3) is 0.206. The Bertz CT molecular complexity index is 1720. The lowest BCUT2D eigenvalue weighted by Crippen LogP contribution is -2.43. The topological polar surface area (TPSA) is 59.1 Å². The first-order chi connectivity index (χ1) is 18.8. The molecule has 4 nitrogen and oxygen atoms in total. The summed E-state index contributed by atoms with van der Waals surface area (Å²) in [6.07, 6.45) is 9.17. The summed E-state index contributed by atoms with van der Waals surface area (Å²) in [5.41, 5.74) is 6.48. The Morgan fingerprint density at radius 2 is 1.74 bits per heavy atom. The number of aromatic nitrogens is 1. The first kappa shape index (κ1) is 24.9. The second kappa shape index (κ2) is 9.73. The molecule has 0 bridgehead atoms. The van der Waals surface area contributed by atoms with Gasteiger partial charge in [0.05, 0.1) is 0 Å². The molecule has 1 aromatic heterocycles. The van der Waals surface area contributed by atoms with Crippen LogP contribution in [-0.4, -0.2) is 16.7 Å². The zero-order valence-corrected chi connectivity index (χ0v) is 22.0. The molecule has 194 valence electrons. The number of carbonyl (C=O) groups is 2. The lowest BCUT2D eigenvalue weighted by atomic mass is 9.69. The number of amides is 1. The second-order valence-corrected chi connectivity index (χ2v) is 11.0. The zero-order chi connectivity index (χ0) is 27.1. The molecule has 1 unspecified atom stereocenters. The highest BCUT2D eigenvalue weighted by atomic mass is 19.1. The van der Waals surface area contributed by atoms with Gasteiger partial charge in [-0.1, -0.05) is 50.3 Å². The van der Waals surface area contributed by atoms with Gasteiger partial charge in [-0.3, -0.25) is 14.6 Å². The average molecular weight is 517 g/mol. The fourth-order valence-electron chi connectivity index (χ4n) is 5.94. The number of halogens is 1. The standard InChI is InChI=1S/C34H29FN2O2/c1-34(2)18-25(32(38)22-5-9-26(35)10-6-22)17-30-29-12-7-23-16-24(8-11-27(23)28(29)13-14-31(30)34)33(39)37-20-21-4-3-15-36-19-21/h3-6,8-17,19,25H,7,18,20H2,1-2H3,(H,37,39). The molecule has 0 radical (unpaired) electrons. The Hall–Kier alpha value is -4.38. The molecule has 0 aliphatic heterocycles. The predicted octanol–water partition coefficient (Wildman–Crippen LogP) is 5.12. The van der Waals surface area contributed by atoms with Crippen LogP contribution in [-0.2, 0) is 18.4 Å². The molecule has 6 rings (SSSR count). The molecule has 1 N–H and O–H groups in total. The van der Waals surface area contributed by atoms with Crippen LogP contribution in [0.25, 0.3) is 23.3 Å². The van der Waals surface area contributed by atoms with Crippen LogP contribution in [0.2, 0.25) is 0 Å². The van der Waals surface area contributed by atoms with Crippen LogP contribution in [0.15, 0.2) is 79.1 Å². The maximum Gasteiger partial charge on any atom is 0.251 e. The minimum Gasteiger partial charge on any atom is -0.348 e. The molecular weight excluding hydrogens is 487 g/mol. The van der Waals surface area contributed by atoms with E-state index in [-0.39, 0.29) is 28.8 Å². The van der Waals surface area contributed by atoms with Crippen LogP contribution in [0.4, 0.5) is 4.39 Å². The summed E-state index contributed by atoms with van der Waals surface area (Å²) in [5, 5.41) is 5.22. The van der Waals surface area contributed by atoms with Crippen molar-refractivity contribution in [1.29, 1.82) is 0 Å². The summed E-state index contributed by atoms with van der Waals surface area (Å²) in [6.45, 7) is 4.79. The summed E-state index contributed by atoms with van der Waals surface area (Å²) < 4.78 is 13.5. The molecular formula is C34H29FN2O2. The summed E-state index contributed by atoms with van der Waals surface area (Å²) in [6, 6.07) is 19.8. The molecule has 4 aromatic rings. The highest BCUT2D eigenvalue weighted by molar-refractivity contribution is 6.01. The molecule has 5 heteroatoms. The van der Waals surface area contributed by atoms with E-state index in [0.29, 0.717) is 30.5 Å². The van der Waals surface area contributed by atoms with E-state index in [0.717, 1.165) is 32.7 Å². The summed E-state index contributed by atoms with van der Waals surface area (Å²) in [7, 11) is 0. The van der Waals surface area contributed by atoms with Gasteiger partial charge in [0.15, 0.2) is 5.78 Å². The number of ketones is 1. The van der Waals surface area contributed by atoms with Crippen LogP contribution >= 0.6 is 0 Å². The van der Waals surface area contributed by atoms with Crippen molar-refractivity contribution >= 4 is 23.8 Å². The summed E-state index contributed by atoms with van der Waals surface area (Å²) >= 11 is 0. The van der Waals surface area contributed by atoms with Crippen LogP contribution < -0.4 is 15.8 Å². The maximum atomic E-state index is 13.5. The van der Waals surface area contributed by atoms with Gasteiger partial charge in [-0.15, -0.1) is 0 Å². The van der Waals surface area contributed by atoms with Crippen LogP contribution in [0, 0.1) is 11.7 Å². The summed E-state index contributed by atoms with van der Waals surface area (Å²) in [5.74, 6) is -0.731. The van der Waals surface area contributed by atoms with Crippen molar-refractivity contribution in [2.75, 3.05) is 0 Å². The monoisotopic (exact) mass is 516 g/mol. The lowest BCUT2D eigenvalue weighted by molar-refractivity contribution is 0.0930. The number of nitrogens with one attached hydrogen (secondary N) is 1. The molecule has 0 fully saturated rings. The molecule has 3 aromatic carbocycles. The third-order valence-corrected chi connectivity index (χ3v) is 7.94. The van der Waals surface area contributed by atoms with Crippen molar-refractivity contribution in [3.63, 3.8) is 0 Å². The van der Waals surface area contributed by atoms with E-state index >= 15 is 0 Å². The van der Waals surface area contributed by atoms with Crippen LogP contribution in [0.1, 0.15) is 57.7 Å². The Balaban J connectivity index is 1.34. The molecule has 1 atom stereocenters. The molecule has 2 aliphatic rings. The normalized spacial score (nSPS) is 16.5. The van der Waals surface area contributed by atoms with Gasteiger partial charge in [0.2, 0.25) is 0 Å². The Kier molecular flexibility index (Phi) is 6.22. The Morgan fingerprint density at radius 3 is 2.51 bits per heavy atom. The number of benzene rings is 3. The number of nitrogens with zero attached hydrogens (tertiary/aromatic N) is 1. The zero-order valence-electron chi connectivity index (χ0n) is 22.0. The molecule has 39 heavy (non-hydrogen) atoms. The number of fused-ring (bicyclic) bond motifs is 5. The highest BCUT2D eigenvalue weighted by Gasteiger charge is 2.34. The fourth-order valence-corrected chi connectivity index (χ4v) is 5.94. The highest BCUT2D eigenvalue weighted by Crippen LogP contribution is 2.35. The van der Waals surface area contributed by atoms with Crippen molar-refractivity contribution in [1.82, 2.24) is 10.3 Å². The van der Waals surface area contributed by atoms with Gasteiger partial charge >= 0.3 is 0 Å². The van der Waals surface area contributed by atoms with Crippen molar-refractivity contribution in [2.24, 2.45) is 5.92 Å². The quantitative estimate of drug-likeness (QED) is 0.375. The van der Waals surface area contributed by atoms with E-state index in [1.54, 1.807) is 24.5 Å². The first-order valence-electron chi connectivity index (χ1n) is 13.3. The number of hydrogen-bond acceptors (Lipinski definition) is 3. The van der Waals surface area contributed by atoms with E-state index in [1.807, 2.05) is 30.3 Å². The molecule has 1 amide bonds. The van der Waals surface area contributed by atoms with E-state index < -0.39 is 0 Å². The number of hydrogen-bond donors (Lipinski definition) is 1. The molecule has 1 heterocycles. The van der Waals surface area contributed by atoms with Crippen molar-refractivity contribution in [2.45, 2.75) is 38.6 Å². The van der Waals surface area contributed by atoms with Crippen LogP contribution in [0.5, 0.6) is 0 Å². The van der Waals surface area contributed by atoms with Gasteiger partial charge in [-0.25, -0.2) is 4.39 Å². The number of pyridine rings is 1. The third-order valence-electron chi connectivity index (χ3n) is 7.94. The van der Waals surface area contributed by atoms with Crippen molar-refractivity contribution in [3.05, 3.63) is 123 Å². The average Bonchev–Trinajstić information content (AvgIpc) is 2.95. The number of Topliss-reactive ketones (excluding diaryl/α,β-unsaturated/α-hetero) is 1. The SMILES string of the molecule is CC1(C)CC(C(=O)c2ccc(F)cc2)C=c2c1ccc1c2=CCc2cc(C(=O)NCc3cccnc3)ccc2-1. The van der Waals surface area contributed by atoms with Crippen LogP contribution in [0.3, 0.4) is 0 Å². The number of rotatable bonds is 5. The predicted molar refractivity (Wildman–Crippen MR) is 151 cm³/mol. The van der Waals surface area contributed by atoms with Gasteiger partial charge in [0.1, 0.15) is 5.82 Å². The van der Waals surface area contributed by atoms with Gasteiger partial charge in [0, 0.05) is 36.0 Å². The first-order valence-corrected chi connectivity index (χ1v) is 13.3. The van der Waals surface area contributed by atoms with Gasteiger partial charge in [-0.2, -0.15) is 0 Å². The van der Waals surface area contributed by atoms with Gasteiger partial charge < -0.3 is 5.32 Å². The molecule has 0 saturated heterocycles. The van der Waals surface area contributed by atoms with E-state index in [1.165, 1.54) is 17.7 Å². The van der Waals surface area contributed by atoms with E-state index in [2.05, 4.69) is 48.4 Å². The molecule has 0 saturated carbocycles. The second-order valence-electron chi connectivity index (χ2n) is 11.0. The van der Waals surface area contributed by atoms with Gasteiger partial charge in [0.25, 0.3) is 5.91 Å². The lowest BCUT2D eigenvalue weighted by Gasteiger charge is -2.34. The third kappa shape index (κ3) is 4.69.